The Kier molecular flexibility index (Phi) is 7.21. The average molecular weight is 529 g/mol. The van der Waals surface area contributed by atoms with Gasteiger partial charge in [-0.25, -0.2) is 20.2 Å². The van der Waals surface area contributed by atoms with Crippen LogP contribution >= 0.6 is 11.3 Å². The molecule has 0 saturated heterocycles. The highest BCUT2D eigenvalue weighted by Gasteiger charge is 2.22. The fourth-order valence-corrected chi connectivity index (χ4v) is 6.32. The van der Waals surface area contributed by atoms with Gasteiger partial charge in [0.1, 0.15) is 23.0 Å². The Balaban J connectivity index is 1.46. The van der Waals surface area contributed by atoms with Gasteiger partial charge < -0.3 is 8.83 Å². The highest BCUT2D eigenvalue weighted by molar-refractivity contribution is 7.19. The maximum Gasteiger partial charge on any atom is 0.265 e. The Bertz CT molecular complexity index is 1610. The molecule has 39 heavy (non-hydrogen) atoms. The summed E-state index contributed by atoms with van der Waals surface area (Å²) in [6.45, 7) is 18.7. The van der Waals surface area contributed by atoms with Crippen LogP contribution in [-0.2, 0) is 0 Å². The van der Waals surface area contributed by atoms with Crippen LogP contribution in [0.15, 0.2) is 67.8 Å². The number of thiophene rings is 1. The summed E-state index contributed by atoms with van der Waals surface area (Å²) in [4.78, 5) is 8.82. The normalized spacial score (nSPS) is 17.7. The summed E-state index contributed by atoms with van der Waals surface area (Å²) >= 11 is 1.63. The molecule has 0 spiro atoms. The molecule has 5 rings (SSSR count). The summed E-state index contributed by atoms with van der Waals surface area (Å²) in [7, 11) is 0. The third kappa shape index (κ3) is 4.89. The lowest BCUT2D eigenvalue weighted by Gasteiger charge is -2.13. The lowest BCUT2D eigenvalue weighted by Crippen LogP contribution is -1.95. The SMILES string of the molecule is [C-]#[N+]/C(C#N)=C1\C=C(c2ccc(-c3sc(-c4ccc(C5=C/C(=C(\C#N)[N+]#[C-])CCC5)o4)c(C)c3C)o2)CCC1. The van der Waals surface area contributed by atoms with E-state index in [2.05, 4.69) is 23.5 Å². The number of allylic oxidation sites excluding steroid dienone is 8. The van der Waals surface area contributed by atoms with Crippen LogP contribution in [0.5, 0.6) is 0 Å². The minimum Gasteiger partial charge on any atom is -0.456 e. The molecule has 0 aliphatic heterocycles. The zero-order valence-corrected chi connectivity index (χ0v) is 22.5. The van der Waals surface area contributed by atoms with E-state index in [1.54, 1.807) is 11.3 Å². The van der Waals surface area contributed by atoms with Crippen LogP contribution < -0.4 is 0 Å². The molecule has 6 nitrogen and oxygen atoms in total. The summed E-state index contributed by atoms with van der Waals surface area (Å²) in [6, 6.07) is 11.9. The highest BCUT2D eigenvalue weighted by atomic mass is 32.1. The van der Waals surface area contributed by atoms with Crippen LogP contribution in [0.25, 0.3) is 42.1 Å². The van der Waals surface area contributed by atoms with Gasteiger partial charge in [0.25, 0.3) is 11.4 Å². The molecule has 7 heteroatoms. The van der Waals surface area contributed by atoms with E-state index in [1.165, 1.54) is 0 Å². The Morgan fingerprint density at radius 3 is 1.51 bits per heavy atom. The summed E-state index contributed by atoms with van der Waals surface area (Å²) < 4.78 is 12.6. The number of nitriles is 2. The predicted octanol–water partition coefficient (Wildman–Crippen LogP) is 9.41. The highest BCUT2D eigenvalue weighted by Crippen LogP contribution is 2.44. The third-order valence-corrected chi connectivity index (χ3v) is 8.69. The number of hydrogen-bond acceptors (Lipinski definition) is 5. The van der Waals surface area contributed by atoms with Crippen molar-refractivity contribution in [2.45, 2.75) is 52.4 Å². The van der Waals surface area contributed by atoms with Crippen LogP contribution in [-0.4, -0.2) is 0 Å². The minimum absolute atomic E-state index is 0.152. The third-order valence-electron chi connectivity index (χ3n) is 7.27. The van der Waals surface area contributed by atoms with Crippen LogP contribution in [0, 0.1) is 49.7 Å². The van der Waals surface area contributed by atoms with Gasteiger partial charge >= 0.3 is 0 Å². The zero-order chi connectivity index (χ0) is 27.5. The van der Waals surface area contributed by atoms with E-state index >= 15 is 0 Å². The van der Waals surface area contributed by atoms with E-state index in [0.717, 1.165) is 105 Å². The molecule has 0 N–H and O–H groups in total. The minimum atomic E-state index is 0.152. The van der Waals surface area contributed by atoms with Gasteiger partial charge in [0.15, 0.2) is 0 Å². The van der Waals surface area contributed by atoms with Crippen molar-refractivity contribution in [3.8, 4) is 33.4 Å². The molecular formula is C32H24N4O2S. The Labute approximate surface area is 231 Å². The van der Waals surface area contributed by atoms with E-state index in [0.29, 0.717) is 0 Å². The van der Waals surface area contributed by atoms with Crippen molar-refractivity contribution in [3.05, 3.63) is 104 Å². The van der Waals surface area contributed by atoms with Gasteiger partial charge in [0.05, 0.1) is 35.0 Å². The molecule has 0 saturated carbocycles. The van der Waals surface area contributed by atoms with Crippen LogP contribution in [0.3, 0.4) is 0 Å². The Morgan fingerprint density at radius 1 is 0.718 bits per heavy atom. The lowest BCUT2D eigenvalue weighted by atomic mass is 9.93. The number of furan rings is 2. The molecule has 0 atom stereocenters. The van der Waals surface area contributed by atoms with Gasteiger partial charge in [-0.15, -0.1) is 11.3 Å². The second-order valence-electron chi connectivity index (χ2n) is 9.58. The summed E-state index contributed by atoms with van der Waals surface area (Å²) in [5, 5.41) is 18.5. The van der Waals surface area contributed by atoms with Gasteiger partial charge in [0.2, 0.25) is 0 Å². The molecule has 0 unspecified atom stereocenters. The van der Waals surface area contributed by atoms with Crippen molar-refractivity contribution in [2.24, 2.45) is 0 Å². The second kappa shape index (κ2) is 10.9. The topological polar surface area (TPSA) is 82.6 Å². The van der Waals surface area contributed by atoms with Crippen molar-refractivity contribution in [1.82, 2.24) is 0 Å². The quantitative estimate of drug-likeness (QED) is 0.249. The molecule has 0 bridgehead atoms. The predicted molar refractivity (Wildman–Crippen MR) is 151 cm³/mol. The summed E-state index contributed by atoms with van der Waals surface area (Å²) in [6.07, 6.45) is 8.77. The Hall–Kier alpha value is -4.82. The largest absolute Gasteiger partial charge is 0.456 e. The number of nitrogens with zero attached hydrogens (tertiary/aromatic N) is 4. The molecule has 0 fully saturated rings. The molecule has 3 aromatic rings. The van der Waals surface area contributed by atoms with Crippen molar-refractivity contribution in [2.75, 3.05) is 0 Å². The van der Waals surface area contributed by atoms with Gasteiger partial charge in [-0.3, -0.25) is 0 Å². The average Bonchev–Trinajstić information content (AvgIpc) is 3.71. The Morgan fingerprint density at radius 2 is 1.13 bits per heavy atom. The molecule has 3 heterocycles. The van der Waals surface area contributed by atoms with Gasteiger partial charge in [-0.05, 0) is 110 Å². The molecular weight excluding hydrogens is 504 g/mol. The maximum atomic E-state index is 9.26. The van der Waals surface area contributed by atoms with Crippen molar-refractivity contribution in [1.29, 1.82) is 10.5 Å². The first-order valence-corrected chi connectivity index (χ1v) is 13.5. The first-order chi connectivity index (χ1) is 19.0. The van der Waals surface area contributed by atoms with Gasteiger partial charge in [-0.1, -0.05) is 12.2 Å². The molecule has 0 radical (unpaired) electrons. The molecule has 2 aliphatic rings. The van der Waals surface area contributed by atoms with Crippen LogP contribution in [0.2, 0.25) is 0 Å². The van der Waals surface area contributed by atoms with E-state index in [9.17, 15) is 10.5 Å². The lowest BCUT2D eigenvalue weighted by molar-refractivity contribution is 0.563. The zero-order valence-electron chi connectivity index (χ0n) is 21.7. The molecule has 0 amide bonds. The maximum absolute atomic E-state index is 9.26. The van der Waals surface area contributed by atoms with Crippen LogP contribution in [0.4, 0.5) is 0 Å². The first-order valence-electron chi connectivity index (χ1n) is 12.7. The van der Waals surface area contributed by atoms with Crippen molar-refractivity contribution >= 4 is 22.5 Å². The first kappa shape index (κ1) is 25.8. The van der Waals surface area contributed by atoms with E-state index in [-0.39, 0.29) is 11.4 Å². The molecule has 0 aromatic carbocycles. The molecule has 3 aromatic heterocycles. The molecule has 2 aliphatic carbocycles. The van der Waals surface area contributed by atoms with Crippen molar-refractivity contribution in [3.63, 3.8) is 0 Å². The monoisotopic (exact) mass is 528 g/mol. The fraction of sp³-hybridized carbons (Fsp3) is 0.250. The number of hydrogen-bond donors (Lipinski definition) is 0. The van der Waals surface area contributed by atoms with Crippen LogP contribution in [0.1, 0.15) is 61.2 Å². The van der Waals surface area contributed by atoms with Gasteiger partial charge in [0, 0.05) is 0 Å². The summed E-state index contributed by atoms with van der Waals surface area (Å²) in [5.41, 5.74) is 6.13. The second-order valence-corrected chi connectivity index (χ2v) is 10.6. The fourth-order valence-electron chi connectivity index (χ4n) is 5.08. The number of rotatable bonds is 4. The van der Waals surface area contributed by atoms with Gasteiger partial charge in [-0.2, -0.15) is 0 Å². The summed E-state index contributed by atoms with van der Waals surface area (Å²) in [5.74, 6) is 3.09. The van der Waals surface area contributed by atoms with E-state index in [1.807, 2.05) is 48.6 Å². The van der Waals surface area contributed by atoms with E-state index < -0.39 is 0 Å². The standard InChI is InChI=1S/C32H24N4O2S/c1-19-20(2)32(30-14-12-28(38-30)24-10-6-8-22(16-24)26(18-34)36-4)39-31(19)29-13-11-27(37-29)23-9-5-7-21(15-23)25(17-33)35-3/h11-16H,5-10H2,1-2H3/b25-21-,26-22+. The molecule has 190 valence electrons. The van der Waals surface area contributed by atoms with Crippen molar-refractivity contribution < 1.29 is 8.83 Å². The van der Waals surface area contributed by atoms with E-state index in [4.69, 9.17) is 22.0 Å². The smallest absolute Gasteiger partial charge is 0.265 e.